The molecule has 0 unspecified atom stereocenters. The van der Waals surface area contributed by atoms with Crippen molar-refractivity contribution >= 4 is 15.7 Å². The lowest BCUT2D eigenvalue weighted by Crippen LogP contribution is -2.44. The van der Waals surface area contributed by atoms with E-state index in [4.69, 9.17) is 5.73 Å². The highest BCUT2D eigenvalue weighted by Gasteiger charge is 2.31. The van der Waals surface area contributed by atoms with Gasteiger partial charge < -0.3 is 10.8 Å². The van der Waals surface area contributed by atoms with Crippen LogP contribution in [0, 0.1) is 5.82 Å². The minimum Gasteiger partial charge on any atom is -0.396 e. The van der Waals surface area contributed by atoms with Gasteiger partial charge in [-0.15, -0.1) is 0 Å². The second-order valence-electron chi connectivity index (χ2n) is 5.29. The fourth-order valence-corrected chi connectivity index (χ4v) is 3.51. The van der Waals surface area contributed by atoms with Crippen molar-refractivity contribution in [2.75, 3.05) is 12.3 Å². The smallest absolute Gasteiger partial charge is 0.240 e. The lowest BCUT2D eigenvalue weighted by atomic mass is 9.85. The molecule has 1 fully saturated rings. The van der Waals surface area contributed by atoms with E-state index >= 15 is 0 Å². The number of hydrogen-bond donors (Lipinski definition) is 3. The Balaban J connectivity index is 2.09. The minimum absolute atomic E-state index is 0.0542. The van der Waals surface area contributed by atoms with Crippen LogP contribution in [0.25, 0.3) is 0 Å². The van der Waals surface area contributed by atoms with Gasteiger partial charge in [-0.25, -0.2) is 17.5 Å². The summed E-state index contributed by atoms with van der Waals surface area (Å²) in [7, 11) is -3.84. The summed E-state index contributed by atoms with van der Waals surface area (Å²) in [6, 6.07) is 3.33. The van der Waals surface area contributed by atoms with Crippen LogP contribution in [0.4, 0.5) is 10.1 Å². The maximum absolute atomic E-state index is 13.3. The summed E-state index contributed by atoms with van der Waals surface area (Å²) in [6.45, 7) is -0.0542. The fourth-order valence-electron chi connectivity index (χ4n) is 2.37. The van der Waals surface area contributed by atoms with Gasteiger partial charge in [0.15, 0.2) is 0 Å². The van der Waals surface area contributed by atoms with Crippen LogP contribution in [0.15, 0.2) is 23.1 Å². The number of benzene rings is 1. The number of halogens is 1. The molecule has 0 radical (unpaired) electrons. The van der Waals surface area contributed by atoms with Crippen molar-refractivity contribution in [2.24, 2.45) is 0 Å². The summed E-state index contributed by atoms with van der Waals surface area (Å²) in [5.41, 5.74) is 4.21. The number of nitrogen functional groups attached to an aromatic ring is 1. The molecule has 1 aliphatic rings. The third kappa shape index (κ3) is 3.47. The van der Waals surface area contributed by atoms with Gasteiger partial charge in [0, 0.05) is 6.54 Å². The normalized spacial score (nSPS) is 18.9. The molecule has 0 amide bonds. The molecule has 112 valence electrons. The van der Waals surface area contributed by atoms with Gasteiger partial charge in [0.1, 0.15) is 5.82 Å². The van der Waals surface area contributed by atoms with Crippen LogP contribution in [-0.4, -0.2) is 25.7 Å². The number of anilines is 1. The van der Waals surface area contributed by atoms with E-state index in [9.17, 15) is 17.9 Å². The van der Waals surface area contributed by atoms with E-state index in [0.29, 0.717) is 12.8 Å². The SMILES string of the molecule is Nc1ccc(S(=O)(=O)NCC2(O)CCCCC2)cc1F. The lowest BCUT2D eigenvalue weighted by molar-refractivity contribution is 0.00945. The van der Waals surface area contributed by atoms with Crippen molar-refractivity contribution in [3.8, 4) is 0 Å². The van der Waals surface area contributed by atoms with Crippen molar-refractivity contribution in [3.63, 3.8) is 0 Å². The van der Waals surface area contributed by atoms with Gasteiger partial charge in [0.25, 0.3) is 0 Å². The first-order chi connectivity index (χ1) is 9.32. The van der Waals surface area contributed by atoms with Crippen LogP contribution in [0.5, 0.6) is 0 Å². The number of rotatable bonds is 4. The maximum Gasteiger partial charge on any atom is 0.240 e. The number of sulfonamides is 1. The van der Waals surface area contributed by atoms with Crippen LogP contribution in [-0.2, 0) is 10.0 Å². The molecule has 1 aromatic carbocycles. The summed E-state index contributed by atoms with van der Waals surface area (Å²) in [5, 5.41) is 10.3. The summed E-state index contributed by atoms with van der Waals surface area (Å²) in [6.07, 6.45) is 3.97. The molecule has 1 saturated carbocycles. The third-order valence-electron chi connectivity index (χ3n) is 3.66. The van der Waals surface area contributed by atoms with Crippen molar-refractivity contribution in [1.82, 2.24) is 4.72 Å². The van der Waals surface area contributed by atoms with E-state index in [-0.39, 0.29) is 17.1 Å². The summed E-state index contributed by atoms with van der Waals surface area (Å²) in [5.74, 6) is -0.774. The highest BCUT2D eigenvalue weighted by Crippen LogP contribution is 2.27. The van der Waals surface area contributed by atoms with Crippen LogP contribution in [0.2, 0.25) is 0 Å². The third-order valence-corrected chi connectivity index (χ3v) is 5.06. The summed E-state index contributed by atoms with van der Waals surface area (Å²) >= 11 is 0. The zero-order valence-electron chi connectivity index (χ0n) is 11.1. The molecule has 0 bridgehead atoms. The minimum atomic E-state index is -3.84. The Morgan fingerprint density at radius 2 is 1.95 bits per heavy atom. The van der Waals surface area contributed by atoms with Gasteiger partial charge in [0.2, 0.25) is 10.0 Å². The number of aliphatic hydroxyl groups is 1. The van der Waals surface area contributed by atoms with E-state index in [0.717, 1.165) is 25.3 Å². The van der Waals surface area contributed by atoms with Crippen molar-refractivity contribution in [2.45, 2.75) is 42.6 Å². The second-order valence-corrected chi connectivity index (χ2v) is 7.06. The number of nitrogens with one attached hydrogen (secondary N) is 1. The van der Waals surface area contributed by atoms with Gasteiger partial charge in [-0.05, 0) is 31.0 Å². The lowest BCUT2D eigenvalue weighted by Gasteiger charge is -2.32. The number of nitrogens with two attached hydrogens (primary N) is 1. The number of hydrogen-bond acceptors (Lipinski definition) is 4. The second kappa shape index (κ2) is 5.67. The maximum atomic E-state index is 13.3. The van der Waals surface area contributed by atoms with Crippen molar-refractivity contribution < 1.29 is 17.9 Å². The molecule has 4 N–H and O–H groups in total. The van der Waals surface area contributed by atoms with Gasteiger partial charge in [-0.3, -0.25) is 0 Å². The molecule has 1 aliphatic carbocycles. The van der Waals surface area contributed by atoms with Gasteiger partial charge in [-0.2, -0.15) is 0 Å². The Hall–Kier alpha value is -1.18. The first-order valence-electron chi connectivity index (χ1n) is 6.60. The molecule has 0 saturated heterocycles. The largest absolute Gasteiger partial charge is 0.396 e. The van der Waals surface area contributed by atoms with E-state index in [1.165, 1.54) is 12.1 Å². The predicted octanol–water partition coefficient (Wildman–Crippen LogP) is 1.38. The van der Waals surface area contributed by atoms with Crippen molar-refractivity contribution in [1.29, 1.82) is 0 Å². The Morgan fingerprint density at radius 3 is 2.55 bits per heavy atom. The van der Waals surface area contributed by atoms with Gasteiger partial charge >= 0.3 is 0 Å². The highest BCUT2D eigenvalue weighted by atomic mass is 32.2. The standard InChI is InChI=1S/C13H19FN2O3S/c14-11-8-10(4-5-12(11)15)20(18,19)16-9-13(17)6-2-1-3-7-13/h4-5,8,16-17H,1-3,6-7,9,15H2. The first kappa shape index (κ1) is 15.2. The summed E-state index contributed by atoms with van der Waals surface area (Å²) < 4.78 is 39.8. The predicted molar refractivity (Wildman–Crippen MR) is 74.0 cm³/mol. The molecule has 2 rings (SSSR count). The van der Waals surface area contributed by atoms with E-state index in [1.807, 2.05) is 0 Å². The molecule has 0 aliphatic heterocycles. The average Bonchev–Trinajstić information content (AvgIpc) is 2.41. The molecule has 5 nitrogen and oxygen atoms in total. The van der Waals surface area contributed by atoms with Gasteiger partial charge in [0.05, 0.1) is 16.2 Å². The molecular weight excluding hydrogens is 283 g/mol. The topological polar surface area (TPSA) is 92.4 Å². The molecule has 1 aromatic rings. The molecule has 0 heterocycles. The monoisotopic (exact) mass is 302 g/mol. The molecular formula is C13H19FN2O3S. The van der Waals surface area contributed by atoms with Crippen LogP contribution in [0.1, 0.15) is 32.1 Å². The van der Waals surface area contributed by atoms with Crippen molar-refractivity contribution in [3.05, 3.63) is 24.0 Å². The van der Waals surface area contributed by atoms with E-state index in [1.54, 1.807) is 0 Å². The van der Waals surface area contributed by atoms with Crippen LogP contribution < -0.4 is 10.5 Å². The Labute approximate surface area is 118 Å². The van der Waals surface area contributed by atoms with Crippen LogP contribution in [0.3, 0.4) is 0 Å². The molecule has 7 heteroatoms. The molecule has 0 spiro atoms. The van der Waals surface area contributed by atoms with Gasteiger partial charge in [-0.1, -0.05) is 19.3 Å². The quantitative estimate of drug-likeness (QED) is 0.733. The van der Waals surface area contributed by atoms with E-state index < -0.39 is 21.4 Å². The average molecular weight is 302 g/mol. The highest BCUT2D eigenvalue weighted by molar-refractivity contribution is 7.89. The molecule has 0 aromatic heterocycles. The fraction of sp³-hybridized carbons (Fsp3) is 0.538. The summed E-state index contributed by atoms with van der Waals surface area (Å²) in [4.78, 5) is -0.191. The molecule has 20 heavy (non-hydrogen) atoms. The first-order valence-corrected chi connectivity index (χ1v) is 8.08. The Morgan fingerprint density at radius 1 is 1.30 bits per heavy atom. The Bertz CT molecular complexity index is 583. The zero-order valence-corrected chi connectivity index (χ0v) is 11.9. The van der Waals surface area contributed by atoms with E-state index in [2.05, 4.69) is 4.72 Å². The van der Waals surface area contributed by atoms with Crippen LogP contribution >= 0.6 is 0 Å². The zero-order chi connectivity index (χ0) is 14.8. The molecule has 0 atom stereocenters. The Kier molecular flexibility index (Phi) is 4.31.